The van der Waals surface area contributed by atoms with Crippen LogP contribution in [0.25, 0.3) is 22.3 Å². The van der Waals surface area contributed by atoms with Gasteiger partial charge in [0.15, 0.2) is 33.8 Å². The van der Waals surface area contributed by atoms with Crippen LogP contribution < -0.4 is 5.73 Å². The Balaban J connectivity index is 0.000000168. The molecule has 0 amide bonds. The van der Waals surface area contributed by atoms with Crippen LogP contribution in [0.5, 0.6) is 0 Å². The quantitative estimate of drug-likeness (QED) is 0.149. The molecule has 6 N–H and O–H groups in total. The molecular formula is C25H25ClFN9O6. The monoisotopic (exact) mass is 601 g/mol. The summed E-state index contributed by atoms with van der Waals surface area (Å²) in [6, 6.07) is 0. The summed E-state index contributed by atoms with van der Waals surface area (Å²) in [6.45, 7) is 0.763. The number of ether oxygens (including phenoxy) is 2. The average molecular weight is 602 g/mol. The fourth-order valence-electron chi connectivity index (χ4n) is 4.84. The highest BCUT2D eigenvalue weighted by atomic mass is 35.5. The van der Waals surface area contributed by atoms with Crippen molar-refractivity contribution < 1.29 is 34.3 Å². The molecule has 2 aliphatic heterocycles. The van der Waals surface area contributed by atoms with Crippen molar-refractivity contribution in [1.82, 2.24) is 39.0 Å². The van der Waals surface area contributed by atoms with E-state index in [4.69, 9.17) is 39.7 Å². The van der Waals surface area contributed by atoms with Crippen molar-refractivity contribution in [2.45, 2.75) is 55.6 Å². The van der Waals surface area contributed by atoms with Gasteiger partial charge in [-0.05, 0) is 18.5 Å². The van der Waals surface area contributed by atoms with Gasteiger partial charge in [0.25, 0.3) is 0 Å². The lowest BCUT2D eigenvalue weighted by atomic mass is 9.99. The fourth-order valence-corrected chi connectivity index (χ4v) is 5.04. The predicted molar refractivity (Wildman–Crippen MR) is 144 cm³/mol. The van der Waals surface area contributed by atoms with Gasteiger partial charge in [-0.3, -0.25) is 9.13 Å². The van der Waals surface area contributed by atoms with Crippen LogP contribution in [0.4, 0.5) is 10.2 Å². The molecule has 2 saturated heterocycles. The summed E-state index contributed by atoms with van der Waals surface area (Å²) < 4.78 is 27.6. The summed E-state index contributed by atoms with van der Waals surface area (Å²) in [5.41, 5.74) is 4.75. The van der Waals surface area contributed by atoms with Crippen LogP contribution in [0.2, 0.25) is 5.28 Å². The Morgan fingerprint density at radius 2 is 1.45 bits per heavy atom. The largest absolute Gasteiger partial charge is 0.392 e. The van der Waals surface area contributed by atoms with Gasteiger partial charge in [-0.1, -0.05) is 11.8 Å². The summed E-state index contributed by atoms with van der Waals surface area (Å²) in [5, 5.41) is 38.9. The van der Waals surface area contributed by atoms with E-state index in [9.17, 15) is 24.8 Å². The first-order chi connectivity index (χ1) is 20.0. The van der Waals surface area contributed by atoms with Crippen molar-refractivity contribution in [2.24, 2.45) is 0 Å². The number of hydrogen-bond acceptors (Lipinski definition) is 13. The molecule has 0 unspecified atom stereocenters. The van der Waals surface area contributed by atoms with E-state index >= 15 is 0 Å². The second-order valence-corrected chi connectivity index (χ2v) is 9.97. The van der Waals surface area contributed by atoms with Crippen LogP contribution in [0.15, 0.2) is 12.7 Å². The molecule has 2 aliphatic rings. The average Bonchev–Trinajstić information content (AvgIpc) is 3.72. The van der Waals surface area contributed by atoms with E-state index in [0.29, 0.717) is 16.9 Å². The SMILES string of the molecule is C#C[C@]1(CO)O[C@@H](n2cnc3c(C)nc(Cl)nc32)C[C@@H]1O.C#C[C@]1(CO)O[C@@H](n2cnc3c(N)nc(F)nc32)C[C@@H]1O. The van der Waals surface area contributed by atoms with Gasteiger partial charge in [0.05, 0.1) is 31.6 Å². The van der Waals surface area contributed by atoms with Crippen molar-refractivity contribution >= 4 is 39.7 Å². The highest BCUT2D eigenvalue weighted by molar-refractivity contribution is 6.28. The third kappa shape index (κ3) is 4.79. The van der Waals surface area contributed by atoms with Gasteiger partial charge in [0.2, 0.25) is 5.28 Å². The number of aryl methyl sites for hydroxylation is 1. The molecular weight excluding hydrogens is 577 g/mol. The molecule has 0 saturated carbocycles. The fraction of sp³-hybridized carbons (Fsp3) is 0.440. The van der Waals surface area contributed by atoms with E-state index in [1.807, 2.05) is 0 Å². The van der Waals surface area contributed by atoms with Crippen molar-refractivity contribution in [1.29, 1.82) is 0 Å². The molecule has 15 nitrogen and oxygen atoms in total. The van der Waals surface area contributed by atoms with Gasteiger partial charge in [-0.2, -0.15) is 19.3 Å². The first kappa shape index (κ1) is 29.5. The highest BCUT2D eigenvalue weighted by Gasteiger charge is 2.49. The van der Waals surface area contributed by atoms with Gasteiger partial charge in [-0.25, -0.2) is 15.0 Å². The lowest BCUT2D eigenvalue weighted by Gasteiger charge is -2.23. The third-order valence-corrected chi connectivity index (χ3v) is 7.36. The van der Waals surface area contributed by atoms with Crippen LogP contribution >= 0.6 is 11.6 Å². The van der Waals surface area contributed by atoms with E-state index < -0.39 is 55.2 Å². The lowest BCUT2D eigenvalue weighted by molar-refractivity contribution is -0.0891. The Bertz CT molecular complexity index is 1610. The Hall–Kier alpha value is -4.00. The number of aromatic nitrogens is 8. The Labute approximate surface area is 242 Å². The molecule has 6 atom stereocenters. The number of nitrogen functional groups attached to an aromatic ring is 1. The number of fused-ring (bicyclic) bond motifs is 2. The molecule has 0 bridgehead atoms. The van der Waals surface area contributed by atoms with E-state index in [1.165, 1.54) is 17.2 Å². The number of halogens is 2. The number of rotatable bonds is 4. The summed E-state index contributed by atoms with van der Waals surface area (Å²) in [5.74, 6) is 4.48. The molecule has 17 heteroatoms. The zero-order valence-corrected chi connectivity index (χ0v) is 22.7. The highest BCUT2D eigenvalue weighted by Crippen LogP contribution is 2.39. The van der Waals surface area contributed by atoms with Crippen LogP contribution in [0, 0.1) is 37.7 Å². The van der Waals surface area contributed by atoms with Crippen LogP contribution in [0.1, 0.15) is 31.0 Å². The number of aliphatic hydroxyl groups is 4. The minimum atomic E-state index is -1.50. The second kappa shape index (κ2) is 11.0. The molecule has 0 spiro atoms. The standard InChI is InChI=1S/C13H13ClN4O3.C12H12FN5O3/c1-3-13(5-19)8(20)4-9(21-13)18-6-15-10-7(2)16-12(14)17-11(10)18;1-2-12(4-19)6(20)3-7(21-12)18-5-15-8-9(14)16-11(13)17-10(8)18/h1,6,8-9,19-20H,4-5H2,2H3;1,5-7,19-20H,3-4H2,(H2,14,16,17)/t8-,9+,13+;6-,7+,12+/m00/s1. The Kier molecular flexibility index (Phi) is 7.73. The molecule has 0 radical (unpaired) electrons. The number of terminal acetylenes is 2. The van der Waals surface area contributed by atoms with E-state index in [2.05, 4.69) is 41.7 Å². The Morgan fingerprint density at radius 1 is 0.952 bits per heavy atom. The van der Waals surface area contributed by atoms with Gasteiger partial charge in [0, 0.05) is 12.8 Å². The van der Waals surface area contributed by atoms with E-state index in [1.54, 1.807) is 11.5 Å². The Morgan fingerprint density at radius 3 is 1.93 bits per heavy atom. The second-order valence-electron chi connectivity index (χ2n) is 9.64. The molecule has 0 aliphatic carbocycles. The molecule has 4 aromatic heterocycles. The molecule has 0 aromatic carbocycles. The number of hydrogen-bond donors (Lipinski definition) is 5. The number of anilines is 1. The van der Waals surface area contributed by atoms with Crippen LogP contribution in [-0.2, 0) is 9.47 Å². The molecule has 4 aromatic rings. The van der Waals surface area contributed by atoms with Crippen molar-refractivity contribution in [3.8, 4) is 24.7 Å². The number of nitrogens with two attached hydrogens (primary N) is 1. The summed E-state index contributed by atoms with van der Waals surface area (Å²) in [6.07, 6.45) is 9.52. The maximum Gasteiger partial charge on any atom is 0.312 e. The topological polar surface area (TPSA) is 213 Å². The van der Waals surface area contributed by atoms with Gasteiger partial charge < -0.3 is 35.6 Å². The number of nitrogens with zero attached hydrogens (tertiary/aromatic N) is 8. The smallest absolute Gasteiger partial charge is 0.312 e. The number of aliphatic hydroxyl groups excluding tert-OH is 4. The zero-order valence-electron chi connectivity index (χ0n) is 22.0. The molecule has 6 heterocycles. The molecule has 2 fully saturated rings. The van der Waals surface area contributed by atoms with Gasteiger partial charge in [0.1, 0.15) is 30.2 Å². The maximum absolute atomic E-state index is 13.3. The maximum atomic E-state index is 13.3. The first-order valence-electron chi connectivity index (χ1n) is 12.4. The predicted octanol–water partition coefficient (Wildman–Crippen LogP) is -0.376. The van der Waals surface area contributed by atoms with Crippen molar-refractivity contribution in [2.75, 3.05) is 18.9 Å². The molecule has 42 heavy (non-hydrogen) atoms. The minimum Gasteiger partial charge on any atom is -0.392 e. The minimum absolute atomic E-state index is 0.0971. The summed E-state index contributed by atoms with van der Waals surface area (Å²) in [4.78, 5) is 23.4. The van der Waals surface area contributed by atoms with Crippen molar-refractivity contribution in [3.05, 3.63) is 29.7 Å². The molecule has 220 valence electrons. The van der Waals surface area contributed by atoms with Crippen molar-refractivity contribution in [3.63, 3.8) is 0 Å². The van der Waals surface area contributed by atoms with Crippen LogP contribution in [0.3, 0.4) is 0 Å². The van der Waals surface area contributed by atoms with E-state index in [0.717, 1.165) is 0 Å². The summed E-state index contributed by atoms with van der Waals surface area (Å²) in [7, 11) is 0. The van der Waals surface area contributed by atoms with Gasteiger partial charge >= 0.3 is 6.08 Å². The van der Waals surface area contributed by atoms with E-state index in [-0.39, 0.29) is 35.1 Å². The summed E-state index contributed by atoms with van der Waals surface area (Å²) >= 11 is 5.87. The molecule has 6 rings (SSSR count). The first-order valence-corrected chi connectivity index (χ1v) is 12.8. The number of imidazole rings is 2. The van der Waals surface area contributed by atoms with Gasteiger partial charge in [-0.15, -0.1) is 12.8 Å². The zero-order chi connectivity index (χ0) is 30.4. The third-order valence-electron chi connectivity index (χ3n) is 7.19. The lowest BCUT2D eigenvalue weighted by Crippen LogP contribution is -2.41. The van der Waals surface area contributed by atoms with Crippen LogP contribution in [-0.4, -0.2) is 96.1 Å². The normalized spacial score (nSPS) is 28.9.